The Bertz CT molecular complexity index is 547. The molecule has 1 heterocycles. The van der Waals surface area contributed by atoms with Crippen LogP contribution in [0.4, 0.5) is 5.69 Å². The molecule has 0 fully saturated rings. The van der Waals surface area contributed by atoms with Crippen LogP contribution in [0.3, 0.4) is 0 Å². The Hall–Kier alpha value is -2.23. The van der Waals surface area contributed by atoms with E-state index < -0.39 is 0 Å². The highest BCUT2D eigenvalue weighted by atomic mass is 16.3. The number of hydrogen-bond acceptors (Lipinski definition) is 2. The normalized spacial score (nSPS) is 10.4. The Kier molecular flexibility index (Phi) is 4.23. The Morgan fingerprint density at radius 3 is 2.74 bits per heavy atom. The fourth-order valence-corrected chi connectivity index (χ4v) is 1.90. The van der Waals surface area contributed by atoms with Gasteiger partial charge in [-0.2, -0.15) is 0 Å². The van der Waals surface area contributed by atoms with Crippen LogP contribution in [0.2, 0.25) is 0 Å². The summed E-state index contributed by atoms with van der Waals surface area (Å²) < 4.78 is 2.05. The van der Waals surface area contributed by atoms with Crippen molar-refractivity contribution in [3.05, 3.63) is 48.3 Å². The molecule has 0 spiro atoms. The molecule has 0 saturated heterocycles. The highest BCUT2D eigenvalue weighted by Gasteiger charge is 2.04. The molecule has 0 saturated carbocycles. The van der Waals surface area contributed by atoms with E-state index in [1.807, 2.05) is 24.5 Å². The first-order valence-corrected chi connectivity index (χ1v) is 6.35. The summed E-state index contributed by atoms with van der Waals surface area (Å²) in [5, 5.41) is 12.2. The van der Waals surface area contributed by atoms with E-state index in [-0.39, 0.29) is 11.7 Å². The minimum absolute atomic E-state index is 0.00255. The highest BCUT2D eigenvalue weighted by molar-refractivity contribution is 5.90. The number of anilines is 1. The van der Waals surface area contributed by atoms with Gasteiger partial charge in [0.2, 0.25) is 5.91 Å². The van der Waals surface area contributed by atoms with Crippen LogP contribution in [0.5, 0.6) is 5.75 Å². The average Bonchev–Trinajstić information content (AvgIpc) is 2.87. The number of aromatic hydroxyl groups is 1. The Morgan fingerprint density at radius 1 is 1.32 bits per heavy atom. The Morgan fingerprint density at radius 2 is 2.05 bits per heavy atom. The number of aromatic nitrogens is 1. The van der Waals surface area contributed by atoms with Gasteiger partial charge < -0.3 is 15.0 Å². The fourth-order valence-electron chi connectivity index (χ4n) is 1.90. The molecule has 2 aromatic rings. The molecule has 0 aliphatic rings. The van der Waals surface area contributed by atoms with Crippen LogP contribution in [0.1, 0.15) is 18.4 Å². The summed E-state index contributed by atoms with van der Waals surface area (Å²) in [6, 6.07) is 8.99. The van der Waals surface area contributed by atoms with Crippen LogP contribution in [-0.4, -0.2) is 15.6 Å². The molecule has 0 atom stereocenters. The number of rotatable bonds is 5. The number of phenols is 1. The van der Waals surface area contributed by atoms with Crippen molar-refractivity contribution in [2.24, 2.45) is 0 Å². The van der Waals surface area contributed by atoms with Crippen LogP contribution in [-0.2, 0) is 11.3 Å². The predicted octanol–water partition coefficient (Wildman–Crippen LogP) is 2.92. The summed E-state index contributed by atoms with van der Waals surface area (Å²) in [5.74, 6) is 0.239. The number of phenolic OH excluding ortho intramolecular Hbond substituents is 1. The molecule has 1 aromatic heterocycles. The van der Waals surface area contributed by atoms with Gasteiger partial charge in [-0.05, 0) is 49.2 Å². The molecule has 2 rings (SSSR count). The molecule has 0 radical (unpaired) electrons. The maximum absolute atomic E-state index is 11.8. The summed E-state index contributed by atoms with van der Waals surface area (Å²) in [5.41, 5.74) is 1.48. The molecule has 4 heteroatoms. The predicted molar refractivity (Wildman–Crippen MR) is 75.1 cm³/mol. The summed E-state index contributed by atoms with van der Waals surface area (Å²) in [6.45, 7) is 2.64. The van der Waals surface area contributed by atoms with Crippen LogP contribution in [0, 0.1) is 6.92 Å². The minimum Gasteiger partial charge on any atom is -0.508 e. The van der Waals surface area contributed by atoms with E-state index in [2.05, 4.69) is 9.88 Å². The van der Waals surface area contributed by atoms with E-state index in [0.29, 0.717) is 6.42 Å². The number of nitrogens with one attached hydrogen (secondary N) is 1. The van der Waals surface area contributed by atoms with Crippen LogP contribution in [0.25, 0.3) is 0 Å². The highest BCUT2D eigenvalue weighted by Crippen LogP contribution is 2.20. The van der Waals surface area contributed by atoms with E-state index in [0.717, 1.165) is 24.2 Å². The van der Waals surface area contributed by atoms with Crippen LogP contribution in [0.15, 0.2) is 42.7 Å². The SMILES string of the molecule is Cc1cc(NC(=O)CCCn2cccc2)ccc1O. The van der Waals surface area contributed by atoms with Gasteiger partial charge in [-0.25, -0.2) is 0 Å². The number of nitrogens with zero attached hydrogens (tertiary/aromatic N) is 1. The van der Waals surface area contributed by atoms with Gasteiger partial charge in [0.15, 0.2) is 0 Å². The first-order chi connectivity index (χ1) is 9.15. The zero-order valence-electron chi connectivity index (χ0n) is 11.0. The first-order valence-electron chi connectivity index (χ1n) is 6.35. The van der Waals surface area contributed by atoms with E-state index in [4.69, 9.17) is 0 Å². The molecule has 0 bridgehead atoms. The maximum atomic E-state index is 11.8. The fraction of sp³-hybridized carbons (Fsp3) is 0.267. The molecule has 1 amide bonds. The summed E-state index contributed by atoms with van der Waals surface area (Å²) in [6.07, 6.45) is 5.26. The van der Waals surface area contributed by atoms with Crippen molar-refractivity contribution < 1.29 is 9.90 Å². The Labute approximate surface area is 112 Å². The summed E-state index contributed by atoms with van der Waals surface area (Å²) in [7, 11) is 0. The van der Waals surface area contributed by atoms with Crippen molar-refractivity contribution in [3.63, 3.8) is 0 Å². The van der Waals surface area contributed by atoms with Crippen molar-refractivity contribution in [2.45, 2.75) is 26.3 Å². The molecule has 2 N–H and O–H groups in total. The minimum atomic E-state index is -0.00255. The van der Waals surface area contributed by atoms with Gasteiger partial charge in [-0.15, -0.1) is 0 Å². The topological polar surface area (TPSA) is 54.3 Å². The monoisotopic (exact) mass is 258 g/mol. The molecule has 1 aromatic carbocycles. The Balaban J connectivity index is 1.79. The van der Waals surface area contributed by atoms with Crippen molar-refractivity contribution in [1.29, 1.82) is 0 Å². The number of amides is 1. The lowest BCUT2D eigenvalue weighted by molar-refractivity contribution is -0.116. The lowest BCUT2D eigenvalue weighted by atomic mass is 10.2. The lowest BCUT2D eigenvalue weighted by Crippen LogP contribution is -2.12. The third kappa shape index (κ3) is 3.88. The van der Waals surface area contributed by atoms with Crippen LogP contribution >= 0.6 is 0 Å². The molecular formula is C15H18N2O2. The van der Waals surface area contributed by atoms with E-state index in [9.17, 15) is 9.90 Å². The molecule has 100 valence electrons. The average molecular weight is 258 g/mol. The third-order valence-corrected chi connectivity index (χ3v) is 2.97. The van der Waals surface area contributed by atoms with Gasteiger partial charge >= 0.3 is 0 Å². The zero-order chi connectivity index (χ0) is 13.7. The smallest absolute Gasteiger partial charge is 0.224 e. The molecule has 0 aliphatic carbocycles. The molecule has 4 nitrogen and oxygen atoms in total. The summed E-state index contributed by atoms with van der Waals surface area (Å²) in [4.78, 5) is 11.8. The number of carbonyl (C=O) groups excluding carboxylic acids is 1. The largest absolute Gasteiger partial charge is 0.508 e. The van der Waals surface area contributed by atoms with Crippen molar-refractivity contribution >= 4 is 11.6 Å². The molecular weight excluding hydrogens is 240 g/mol. The van der Waals surface area contributed by atoms with Crippen LogP contribution < -0.4 is 5.32 Å². The third-order valence-electron chi connectivity index (χ3n) is 2.97. The van der Waals surface area contributed by atoms with Gasteiger partial charge in [0.25, 0.3) is 0 Å². The molecule has 0 unspecified atom stereocenters. The van der Waals surface area contributed by atoms with E-state index in [1.165, 1.54) is 0 Å². The van der Waals surface area contributed by atoms with Crippen molar-refractivity contribution in [1.82, 2.24) is 4.57 Å². The van der Waals surface area contributed by atoms with E-state index in [1.54, 1.807) is 25.1 Å². The number of benzene rings is 1. The van der Waals surface area contributed by atoms with Crippen molar-refractivity contribution in [3.8, 4) is 5.75 Å². The van der Waals surface area contributed by atoms with E-state index >= 15 is 0 Å². The van der Waals surface area contributed by atoms with Crippen molar-refractivity contribution in [2.75, 3.05) is 5.32 Å². The lowest BCUT2D eigenvalue weighted by Gasteiger charge is -2.07. The quantitative estimate of drug-likeness (QED) is 0.810. The number of aryl methyl sites for hydroxylation is 2. The zero-order valence-corrected chi connectivity index (χ0v) is 11.0. The summed E-state index contributed by atoms with van der Waals surface area (Å²) >= 11 is 0. The van der Waals surface area contributed by atoms with Gasteiger partial charge in [-0.1, -0.05) is 0 Å². The first kappa shape index (κ1) is 13.2. The van der Waals surface area contributed by atoms with Gasteiger partial charge in [0.1, 0.15) is 5.75 Å². The maximum Gasteiger partial charge on any atom is 0.224 e. The number of hydrogen-bond donors (Lipinski definition) is 2. The second kappa shape index (κ2) is 6.09. The number of carbonyl (C=O) groups is 1. The molecule has 19 heavy (non-hydrogen) atoms. The second-order valence-corrected chi connectivity index (χ2v) is 4.57. The van der Waals surface area contributed by atoms with Gasteiger partial charge in [-0.3, -0.25) is 4.79 Å². The van der Waals surface area contributed by atoms with Gasteiger partial charge in [0, 0.05) is 31.0 Å². The second-order valence-electron chi connectivity index (χ2n) is 4.57. The van der Waals surface area contributed by atoms with Gasteiger partial charge in [0.05, 0.1) is 0 Å². The molecule has 0 aliphatic heterocycles. The standard InChI is InChI=1S/C15H18N2O2/c1-12-11-13(6-7-14(12)18)16-15(19)5-4-10-17-8-2-3-9-17/h2-3,6-9,11,18H,4-5,10H2,1H3,(H,16,19).